The van der Waals surface area contributed by atoms with E-state index in [1.807, 2.05) is 0 Å². The average molecular weight is 278 g/mol. The molecule has 6 N–H and O–H groups in total. The molecular formula is C12H14N4O4. The van der Waals surface area contributed by atoms with Gasteiger partial charge in [0, 0.05) is 23.4 Å². The number of aliphatic hydroxyl groups is 1. The van der Waals surface area contributed by atoms with Gasteiger partial charge in [-0.2, -0.15) is 0 Å². The van der Waals surface area contributed by atoms with Crippen LogP contribution in [0, 0.1) is 0 Å². The number of carbonyl (C=O) groups is 3. The van der Waals surface area contributed by atoms with Crippen LogP contribution in [0.3, 0.4) is 0 Å². The van der Waals surface area contributed by atoms with Crippen LogP contribution in [0.4, 0.5) is 10.5 Å². The molecule has 20 heavy (non-hydrogen) atoms. The smallest absolute Gasteiger partial charge is 0.312 e. The van der Waals surface area contributed by atoms with E-state index in [4.69, 9.17) is 10.8 Å². The Morgan fingerprint density at radius 2 is 2.20 bits per heavy atom. The van der Waals surface area contributed by atoms with Gasteiger partial charge in [-0.1, -0.05) is 6.07 Å². The molecule has 106 valence electrons. The summed E-state index contributed by atoms with van der Waals surface area (Å²) in [5.41, 5.74) is 6.53. The Bertz CT molecular complexity index is 573. The minimum Gasteiger partial charge on any atom is -0.394 e. The third-order valence-corrected chi connectivity index (χ3v) is 2.92. The van der Waals surface area contributed by atoms with E-state index in [0.29, 0.717) is 23.4 Å². The number of hydrogen-bond acceptors (Lipinski definition) is 4. The lowest BCUT2D eigenvalue weighted by Crippen LogP contribution is -2.48. The molecule has 1 heterocycles. The maximum Gasteiger partial charge on any atom is 0.312 e. The van der Waals surface area contributed by atoms with Crippen LogP contribution in [0.15, 0.2) is 18.2 Å². The zero-order chi connectivity index (χ0) is 14.7. The van der Waals surface area contributed by atoms with Crippen LogP contribution in [0.25, 0.3) is 0 Å². The van der Waals surface area contributed by atoms with Crippen LogP contribution in [0.5, 0.6) is 0 Å². The average Bonchev–Trinajstić information content (AvgIpc) is 2.79. The van der Waals surface area contributed by atoms with E-state index in [2.05, 4.69) is 16.0 Å². The number of hydrogen-bond donors (Lipinski definition) is 5. The number of urea groups is 1. The summed E-state index contributed by atoms with van der Waals surface area (Å²) in [6, 6.07) is 2.87. The molecule has 1 unspecified atom stereocenters. The summed E-state index contributed by atoms with van der Waals surface area (Å²) in [5, 5.41) is 16.4. The van der Waals surface area contributed by atoms with Crippen molar-refractivity contribution in [2.24, 2.45) is 5.73 Å². The Labute approximate surface area is 114 Å². The fourth-order valence-electron chi connectivity index (χ4n) is 1.96. The summed E-state index contributed by atoms with van der Waals surface area (Å²) in [4.78, 5) is 34.1. The number of fused-ring (bicyclic) bond motifs is 1. The molecule has 0 radical (unpaired) electrons. The van der Waals surface area contributed by atoms with E-state index in [9.17, 15) is 14.4 Å². The normalized spacial score (nSPS) is 14.2. The Balaban J connectivity index is 2.16. The zero-order valence-corrected chi connectivity index (χ0v) is 10.5. The molecule has 0 aromatic heterocycles. The van der Waals surface area contributed by atoms with Crippen molar-refractivity contribution in [3.63, 3.8) is 0 Å². The number of aliphatic hydroxyl groups excluding tert-OH is 1. The van der Waals surface area contributed by atoms with E-state index >= 15 is 0 Å². The highest BCUT2D eigenvalue weighted by Gasteiger charge is 2.24. The van der Waals surface area contributed by atoms with Gasteiger partial charge in [-0.25, -0.2) is 4.79 Å². The second-order valence-corrected chi connectivity index (χ2v) is 4.25. The molecule has 1 atom stereocenters. The summed E-state index contributed by atoms with van der Waals surface area (Å²) in [6.45, 7) is -0.265. The van der Waals surface area contributed by atoms with Gasteiger partial charge in [-0.3, -0.25) is 9.59 Å². The second kappa shape index (κ2) is 5.57. The summed E-state index contributed by atoms with van der Waals surface area (Å²) >= 11 is 0. The molecule has 8 heteroatoms. The lowest BCUT2D eigenvalue weighted by Gasteiger charge is -2.16. The first-order valence-corrected chi connectivity index (χ1v) is 5.90. The first-order valence-electron chi connectivity index (χ1n) is 5.90. The van der Waals surface area contributed by atoms with Crippen LogP contribution in [-0.2, 0) is 11.3 Å². The van der Waals surface area contributed by atoms with E-state index in [1.54, 1.807) is 18.2 Å². The molecule has 0 bridgehead atoms. The van der Waals surface area contributed by atoms with Gasteiger partial charge in [0.05, 0.1) is 6.61 Å². The summed E-state index contributed by atoms with van der Waals surface area (Å²) in [5.74, 6) is -0.816. The molecule has 0 aliphatic carbocycles. The third-order valence-electron chi connectivity index (χ3n) is 2.92. The van der Waals surface area contributed by atoms with Gasteiger partial charge in [0.1, 0.15) is 6.04 Å². The van der Waals surface area contributed by atoms with Gasteiger partial charge in [0.2, 0.25) is 5.91 Å². The minimum atomic E-state index is -1.14. The van der Waals surface area contributed by atoms with Crippen LogP contribution in [0.2, 0.25) is 0 Å². The lowest BCUT2D eigenvalue weighted by molar-refractivity contribution is -0.118. The Morgan fingerprint density at radius 3 is 2.85 bits per heavy atom. The Kier molecular flexibility index (Phi) is 3.85. The highest BCUT2D eigenvalue weighted by atomic mass is 16.3. The van der Waals surface area contributed by atoms with E-state index in [1.165, 1.54) is 0 Å². The summed E-state index contributed by atoms with van der Waals surface area (Å²) < 4.78 is 0. The molecule has 2 rings (SSSR count). The van der Waals surface area contributed by atoms with Gasteiger partial charge in [0.25, 0.3) is 5.91 Å². The fraction of sp³-hybridized carbons (Fsp3) is 0.250. The number of primary amides is 1. The predicted octanol–water partition coefficient (Wildman–Crippen LogP) is -1.10. The number of nitrogens with two attached hydrogens (primary N) is 1. The first kappa shape index (κ1) is 13.8. The van der Waals surface area contributed by atoms with Crippen molar-refractivity contribution in [3.8, 4) is 0 Å². The maximum atomic E-state index is 11.9. The standard InChI is InChI=1S/C12H14N4O4/c13-12(20)16-9(5-17)11(19)15-8-3-1-2-6-7(8)4-14-10(6)18/h1-3,9,17H,4-5H2,(H,14,18)(H,15,19)(H3,13,16,20). The molecule has 0 saturated heterocycles. The topological polar surface area (TPSA) is 134 Å². The van der Waals surface area contributed by atoms with Gasteiger partial charge in [0.15, 0.2) is 0 Å². The van der Waals surface area contributed by atoms with Crippen molar-refractivity contribution in [1.29, 1.82) is 0 Å². The number of rotatable bonds is 4. The Hall–Kier alpha value is -2.61. The van der Waals surface area contributed by atoms with Crippen molar-refractivity contribution in [1.82, 2.24) is 10.6 Å². The number of anilines is 1. The van der Waals surface area contributed by atoms with Gasteiger partial charge in [-0.05, 0) is 12.1 Å². The van der Waals surface area contributed by atoms with E-state index in [0.717, 1.165) is 0 Å². The monoisotopic (exact) mass is 278 g/mol. The molecule has 1 aromatic rings. The highest BCUT2D eigenvalue weighted by molar-refractivity contribution is 6.03. The Morgan fingerprint density at radius 1 is 1.45 bits per heavy atom. The van der Waals surface area contributed by atoms with Crippen LogP contribution in [-0.4, -0.2) is 35.6 Å². The summed E-state index contributed by atoms with van der Waals surface area (Å²) in [6.07, 6.45) is 0. The molecule has 0 spiro atoms. The molecule has 1 aliphatic heterocycles. The summed E-state index contributed by atoms with van der Waals surface area (Å²) in [7, 11) is 0. The first-order chi connectivity index (χ1) is 9.52. The highest BCUT2D eigenvalue weighted by Crippen LogP contribution is 2.24. The maximum absolute atomic E-state index is 11.9. The third kappa shape index (κ3) is 2.69. The molecule has 8 nitrogen and oxygen atoms in total. The zero-order valence-electron chi connectivity index (χ0n) is 10.5. The van der Waals surface area contributed by atoms with Gasteiger partial charge < -0.3 is 26.8 Å². The quantitative estimate of drug-likeness (QED) is 0.478. The molecular weight excluding hydrogens is 264 g/mol. The van der Waals surface area contributed by atoms with Gasteiger partial charge >= 0.3 is 6.03 Å². The lowest BCUT2D eigenvalue weighted by atomic mass is 10.1. The molecule has 0 fully saturated rings. The van der Waals surface area contributed by atoms with Crippen molar-refractivity contribution in [2.45, 2.75) is 12.6 Å². The molecule has 1 aliphatic rings. The van der Waals surface area contributed by atoms with E-state index in [-0.39, 0.29) is 5.91 Å². The second-order valence-electron chi connectivity index (χ2n) is 4.25. The molecule has 0 saturated carbocycles. The van der Waals surface area contributed by atoms with Crippen molar-refractivity contribution < 1.29 is 19.5 Å². The van der Waals surface area contributed by atoms with Crippen LogP contribution < -0.4 is 21.7 Å². The largest absolute Gasteiger partial charge is 0.394 e. The van der Waals surface area contributed by atoms with Crippen LogP contribution >= 0.6 is 0 Å². The molecule has 1 aromatic carbocycles. The molecule has 4 amide bonds. The number of amides is 4. The van der Waals surface area contributed by atoms with E-state index < -0.39 is 24.6 Å². The fourth-order valence-corrected chi connectivity index (χ4v) is 1.96. The van der Waals surface area contributed by atoms with Crippen molar-refractivity contribution in [3.05, 3.63) is 29.3 Å². The van der Waals surface area contributed by atoms with Crippen molar-refractivity contribution >= 4 is 23.5 Å². The number of benzene rings is 1. The van der Waals surface area contributed by atoms with Crippen LogP contribution in [0.1, 0.15) is 15.9 Å². The minimum absolute atomic E-state index is 0.204. The predicted molar refractivity (Wildman–Crippen MR) is 69.8 cm³/mol. The number of nitrogens with one attached hydrogen (secondary N) is 3. The van der Waals surface area contributed by atoms with Crippen molar-refractivity contribution in [2.75, 3.05) is 11.9 Å². The number of carbonyl (C=O) groups excluding carboxylic acids is 3. The SMILES string of the molecule is NC(=O)NC(CO)C(=O)Nc1cccc2c1CNC2=O. The van der Waals surface area contributed by atoms with Gasteiger partial charge in [-0.15, -0.1) is 0 Å².